The molecule has 2 saturated heterocycles. The lowest BCUT2D eigenvalue weighted by Crippen LogP contribution is -2.55. The Bertz CT molecular complexity index is 623. The van der Waals surface area contributed by atoms with Crippen LogP contribution in [-0.4, -0.2) is 57.8 Å². The minimum absolute atomic E-state index is 0.0340. The van der Waals surface area contributed by atoms with Gasteiger partial charge in [-0.05, 0) is 50.7 Å². The van der Waals surface area contributed by atoms with Gasteiger partial charge in [0.15, 0.2) is 5.82 Å². The molecule has 3 rings (SSSR count). The molecule has 1 atom stereocenters. The highest BCUT2D eigenvalue weighted by Crippen LogP contribution is 2.41. The molecule has 3 heterocycles. The fraction of sp³-hybridized carbons (Fsp3) is 0.647. The van der Waals surface area contributed by atoms with Crippen LogP contribution in [0.5, 0.6) is 0 Å². The first-order valence-electron chi connectivity index (χ1n) is 8.48. The lowest BCUT2D eigenvalue weighted by molar-refractivity contribution is -0.154. The van der Waals surface area contributed by atoms with Crippen LogP contribution < -0.4 is 4.90 Å². The smallest absolute Gasteiger partial charge is 0.326 e. The Kier molecular flexibility index (Phi) is 4.43. The average Bonchev–Trinajstić information content (AvgIpc) is 2.58. The lowest BCUT2D eigenvalue weighted by atomic mass is 9.72. The molecule has 0 aromatic carbocycles. The van der Waals surface area contributed by atoms with Gasteiger partial charge in [-0.3, -0.25) is 4.79 Å². The number of piperidine rings is 2. The second kappa shape index (κ2) is 6.37. The van der Waals surface area contributed by atoms with Crippen LogP contribution in [0.3, 0.4) is 0 Å². The third-order valence-corrected chi connectivity index (χ3v) is 5.45. The topological polar surface area (TPSA) is 86.6 Å². The van der Waals surface area contributed by atoms with Gasteiger partial charge in [-0.1, -0.05) is 0 Å². The van der Waals surface area contributed by atoms with Gasteiger partial charge in [0.25, 0.3) is 0 Å². The summed E-state index contributed by atoms with van der Waals surface area (Å²) < 4.78 is 0. The number of hydrogen-bond acceptors (Lipinski definition) is 5. The number of aryl methyl sites for hydroxylation is 1. The maximum Gasteiger partial charge on any atom is 0.326 e. The summed E-state index contributed by atoms with van der Waals surface area (Å²) >= 11 is 0. The highest BCUT2D eigenvalue weighted by atomic mass is 16.4. The van der Waals surface area contributed by atoms with Crippen LogP contribution in [0.2, 0.25) is 0 Å². The Hall–Kier alpha value is -2.18. The number of aliphatic carboxylic acids is 1. The van der Waals surface area contributed by atoms with Gasteiger partial charge < -0.3 is 14.9 Å². The number of likely N-dealkylation sites (tertiary alicyclic amines) is 1. The molecule has 2 fully saturated rings. The molecule has 0 saturated carbocycles. The summed E-state index contributed by atoms with van der Waals surface area (Å²) in [4.78, 5) is 27.2. The van der Waals surface area contributed by atoms with Crippen molar-refractivity contribution in [1.82, 2.24) is 15.1 Å². The third-order valence-electron chi connectivity index (χ3n) is 5.45. The summed E-state index contributed by atoms with van der Waals surface area (Å²) in [6.45, 7) is 5.78. The zero-order chi connectivity index (χ0) is 17.3. The molecule has 1 N–H and O–H groups in total. The van der Waals surface area contributed by atoms with E-state index in [0.29, 0.717) is 13.0 Å². The number of carbonyl (C=O) groups is 2. The van der Waals surface area contributed by atoms with E-state index >= 15 is 0 Å². The van der Waals surface area contributed by atoms with Crippen LogP contribution >= 0.6 is 0 Å². The quantitative estimate of drug-likeness (QED) is 0.902. The van der Waals surface area contributed by atoms with Crippen LogP contribution in [0.4, 0.5) is 5.82 Å². The fourth-order valence-electron chi connectivity index (χ4n) is 3.71. The summed E-state index contributed by atoms with van der Waals surface area (Å²) in [6, 6.07) is 3.20. The largest absolute Gasteiger partial charge is 0.480 e. The van der Waals surface area contributed by atoms with Gasteiger partial charge in [0.1, 0.15) is 6.04 Å². The van der Waals surface area contributed by atoms with Crippen molar-refractivity contribution >= 4 is 17.7 Å². The molecule has 130 valence electrons. The van der Waals surface area contributed by atoms with Crippen molar-refractivity contribution in [2.75, 3.05) is 24.5 Å². The third kappa shape index (κ3) is 3.20. The molecule has 0 bridgehead atoms. The highest BCUT2D eigenvalue weighted by Gasteiger charge is 2.43. The Labute approximate surface area is 141 Å². The zero-order valence-corrected chi connectivity index (χ0v) is 14.2. The van der Waals surface area contributed by atoms with Crippen molar-refractivity contribution in [2.24, 2.45) is 5.41 Å². The van der Waals surface area contributed by atoms with Crippen molar-refractivity contribution in [2.45, 2.75) is 45.6 Å². The number of nitrogens with zero attached hydrogens (tertiary/aromatic N) is 4. The number of carboxylic acid groups (broad SMARTS) is 1. The van der Waals surface area contributed by atoms with E-state index < -0.39 is 12.0 Å². The first-order valence-corrected chi connectivity index (χ1v) is 8.48. The molecule has 7 nitrogen and oxygen atoms in total. The average molecular weight is 332 g/mol. The Morgan fingerprint density at radius 1 is 1.25 bits per heavy atom. The van der Waals surface area contributed by atoms with Gasteiger partial charge in [-0.15, -0.1) is 5.10 Å². The van der Waals surface area contributed by atoms with Crippen LogP contribution in [0.15, 0.2) is 12.1 Å². The van der Waals surface area contributed by atoms with Crippen molar-refractivity contribution in [3.05, 3.63) is 17.8 Å². The Morgan fingerprint density at radius 3 is 2.54 bits per heavy atom. The molecule has 0 radical (unpaired) electrons. The van der Waals surface area contributed by atoms with Crippen molar-refractivity contribution in [1.29, 1.82) is 0 Å². The van der Waals surface area contributed by atoms with E-state index in [-0.39, 0.29) is 11.3 Å². The molecule has 2 aliphatic heterocycles. The predicted molar refractivity (Wildman–Crippen MR) is 88.7 cm³/mol. The standard InChI is InChI=1S/C17H24N4O3/c1-12-3-4-14(19-18-12)20-9-7-17(8-10-20)6-5-15(22)21(11-17)13(2)16(23)24/h3-4,13H,5-11H2,1-2H3,(H,23,24). The van der Waals surface area contributed by atoms with Gasteiger partial charge in [-0.25, -0.2) is 4.79 Å². The maximum atomic E-state index is 12.1. The molecular formula is C17H24N4O3. The maximum absolute atomic E-state index is 12.1. The molecule has 1 aromatic rings. The van der Waals surface area contributed by atoms with Crippen LogP contribution in [0, 0.1) is 12.3 Å². The van der Waals surface area contributed by atoms with Crippen LogP contribution in [0.25, 0.3) is 0 Å². The summed E-state index contributed by atoms with van der Waals surface area (Å²) in [5.74, 6) is -0.0896. The second-order valence-corrected chi connectivity index (χ2v) is 7.06. The van der Waals surface area contributed by atoms with Gasteiger partial charge >= 0.3 is 5.97 Å². The molecule has 1 unspecified atom stereocenters. The minimum atomic E-state index is -0.937. The first-order chi connectivity index (χ1) is 11.4. The number of amides is 1. The van der Waals surface area contributed by atoms with Crippen molar-refractivity contribution in [3.63, 3.8) is 0 Å². The van der Waals surface area contributed by atoms with Crippen molar-refractivity contribution in [3.8, 4) is 0 Å². The number of carboxylic acids is 1. The zero-order valence-electron chi connectivity index (χ0n) is 14.2. The number of hydrogen-bond donors (Lipinski definition) is 1. The summed E-state index contributed by atoms with van der Waals surface area (Å²) in [5.41, 5.74) is 0.933. The monoisotopic (exact) mass is 332 g/mol. The summed E-state index contributed by atoms with van der Waals surface area (Å²) in [5, 5.41) is 17.6. The molecule has 2 aliphatic rings. The number of aromatic nitrogens is 2. The van der Waals surface area contributed by atoms with Gasteiger partial charge in [0.2, 0.25) is 5.91 Å². The lowest BCUT2D eigenvalue weighted by Gasteiger charge is -2.48. The predicted octanol–water partition coefficient (Wildman–Crippen LogP) is 1.47. The Morgan fingerprint density at radius 2 is 1.96 bits per heavy atom. The van der Waals surface area contributed by atoms with Gasteiger partial charge in [0.05, 0.1) is 5.69 Å². The molecule has 1 aromatic heterocycles. The normalized spacial score (nSPS) is 21.8. The second-order valence-electron chi connectivity index (χ2n) is 7.06. The molecule has 24 heavy (non-hydrogen) atoms. The number of anilines is 1. The fourth-order valence-corrected chi connectivity index (χ4v) is 3.71. The number of carbonyl (C=O) groups excluding carboxylic acids is 1. The number of rotatable bonds is 3. The molecule has 1 amide bonds. The summed E-state index contributed by atoms with van der Waals surface area (Å²) in [6.07, 6.45) is 3.18. The van der Waals surface area contributed by atoms with Crippen LogP contribution in [-0.2, 0) is 9.59 Å². The minimum Gasteiger partial charge on any atom is -0.480 e. The van der Waals surface area contributed by atoms with E-state index in [2.05, 4.69) is 15.1 Å². The van der Waals surface area contributed by atoms with E-state index in [1.54, 1.807) is 11.8 Å². The van der Waals surface area contributed by atoms with E-state index in [1.807, 2.05) is 19.1 Å². The first kappa shape index (κ1) is 16.7. The highest BCUT2D eigenvalue weighted by molar-refractivity contribution is 5.84. The molecule has 7 heteroatoms. The van der Waals surface area contributed by atoms with Gasteiger partial charge in [0, 0.05) is 26.1 Å². The van der Waals surface area contributed by atoms with E-state index in [1.165, 1.54) is 0 Å². The van der Waals surface area contributed by atoms with Gasteiger partial charge in [-0.2, -0.15) is 5.10 Å². The van der Waals surface area contributed by atoms with E-state index in [4.69, 9.17) is 0 Å². The molecular weight excluding hydrogens is 308 g/mol. The molecule has 0 aliphatic carbocycles. The van der Waals surface area contributed by atoms with E-state index in [0.717, 1.165) is 43.9 Å². The Balaban J connectivity index is 1.67. The van der Waals surface area contributed by atoms with E-state index in [9.17, 15) is 14.7 Å². The SMILES string of the molecule is Cc1ccc(N2CCC3(CCC(=O)N(C(C)C(=O)O)C3)CC2)nn1. The van der Waals surface area contributed by atoms with Crippen molar-refractivity contribution < 1.29 is 14.7 Å². The summed E-state index contributed by atoms with van der Waals surface area (Å²) in [7, 11) is 0. The van der Waals surface area contributed by atoms with Crippen LogP contribution in [0.1, 0.15) is 38.3 Å². The molecule has 1 spiro atoms.